The molecule has 180 valence electrons. The molecule has 1 amide bonds. The highest BCUT2D eigenvalue weighted by Gasteiger charge is 2.21. The second-order valence-electron chi connectivity index (χ2n) is 8.45. The Morgan fingerprint density at radius 1 is 1.19 bits per heavy atom. The number of aliphatic imine (C=N–C) groups is 1. The van der Waals surface area contributed by atoms with Crippen LogP contribution in [0.3, 0.4) is 0 Å². The van der Waals surface area contributed by atoms with Crippen molar-refractivity contribution in [1.82, 2.24) is 20.4 Å². The van der Waals surface area contributed by atoms with E-state index in [1.54, 1.807) is 19.0 Å². The first-order valence-corrected chi connectivity index (χ1v) is 11.5. The highest BCUT2D eigenvalue weighted by molar-refractivity contribution is 14.0. The Bertz CT molecular complexity index is 697. The van der Waals surface area contributed by atoms with Gasteiger partial charge in [0.05, 0.1) is 13.2 Å². The van der Waals surface area contributed by atoms with Gasteiger partial charge in [-0.05, 0) is 37.9 Å². The van der Waals surface area contributed by atoms with Crippen LogP contribution in [0.5, 0.6) is 0 Å². The SMILES string of the molecule is CN(C)C(=O)CN=C(NCCCN1CCOCC1)NC1CCCN(c2ccccc2)C1.I. The molecule has 2 N–H and O–H groups in total. The molecule has 2 saturated heterocycles. The first-order valence-electron chi connectivity index (χ1n) is 11.5. The Hall–Kier alpha value is -1.59. The molecule has 9 heteroatoms. The average Bonchev–Trinajstić information content (AvgIpc) is 2.81. The second-order valence-corrected chi connectivity index (χ2v) is 8.45. The van der Waals surface area contributed by atoms with E-state index in [-0.39, 0.29) is 36.4 Å². The summed E-state index contributed by atoms with van der Waals surface area (Å²) >= 11 is 0. The minimum absolute atomic E-state index is 0. The van der Waals surface area contributed by atoms with Crippen molar-refractivity contribution in [2.24, 2.45) is 4.99 Å². The van der Waals surface area contributed by atoms with E-state index in [4.69, 9.17) is 4.74 Å². The van der Waals surface area contributed by atoms with Crippen molar-refractivity contribution in [2.45, 2.75) is 25.3 Å². The summed E-state index contributed by atoms with van der Waals surface area (Å²) in [5.74, 6) is 0.737. The van der Waals surface area contributed by atoms with Gasteiger partial charge in [-0.15, -0.1) is 24.0 Å². The van der Waals surface area contributed by atoms with E-state index in [1.807, 2.05) is 0 Å². The number of halogens is 1. The number of ether oxygens (including phenoxy) is 1. The number of carbonyl (C=O) groups excluding carboxylic acids is 1. The van der Waals surface area contributed by atoms with Gasteiger partial charge in [-0.3, -0.25) is 9.69 Å². The van der Waals surface area contributed by atoms with Crippen LogP contribution >= 0.6 is 24.0 Å². The predicted molar refractivity (Wildman–Crippen MR) is 141 cm³/mol. The van der Waals surface area contributed by atoms with Crippen molar-refractivity contribution >= 4 is 41.5 Å². The largest absolute Gasteiger partial charge is 0.379 e. The maximum Gasteiger partial charge on any atom is 0.243 e. The summed E-state index contributed by atoms with van der Waals surface area (Å²) in [7, 11) is 3.53. The average molecular weight is 559 g/mol. The third-order valence-corrected chi connectivity index (χ3v) is 5.80. The van der Waals surface area contributed by atoms with Gasteiger partial charge in [-0.1, -0.05) is 18.2 Å². The van der Waals surface area contributed by atoms with Crippen molar-refractivity contribution in [3.63, 3.8) is 0 Å². The number of rotatable bonds is 8. The van der Waals surface area contributed by atoms with E-state index < -0.39 is 0 Å². The van der Waals surface area contributed by atoms with Crippen LogP contribution < -0.4 is 15.5 Å². The number of benzene rings is 1. The molecule has 0 aromatic heterocycles. The van der Waals surface area contributed by atoms with Crippen LogP contribution in [0.4, 0.5) is 5.69 Å². The molecule has 32 heavy (non-hydrogen) atoms. The minimum Gasteiger partial charge on any atom is -0.379 e. The van der Waals surface area contributed by atoms with Gasteiger partial charge in [-0.25, -0.2) is 4.99 Å². The van der Waals surface area contributed by atoms with Crippen molar-refractivity contribution in [2.75, 3.05) is 78.0 Å². The number of nitrogens with one attached hydrogen (secondary N) is 2. The zero-order valence-electron chi connectivity index (χ0n) is 19.5. The molecular weight excluding hydrogens is 519 g/mol. The summed E-state index contributed by atoms with van der Waals surface area (Å²) < 4.78 is 5.42. The van der Waals surface area contributed by atoms with Gasteiger partial charge in [0.1, 0.15) is 6.54 Å². The van der Waals surface area contributed by atoms with E-state index in [2.05, 4.69) is 55.8 Å². The fraction of sp³-hybridized carbons (Fsp3) is 0.652. The van der Waals surface area contributed by atoms with Crippen molar-refractivity contribution in [3.8, 4) is 0 Å². The lowest BCUT2D eigenvalue weighted by Gasteiger charge is -2.35. The van der Waals surface area contributed by atoms with Crippen molar-refractivity contribution < 1.29 is 9.53 Å². The van der Waals surface area contributed by atoms with Crippen LogP contribution in [0.2, 0.25) is 0 Å². The molecule has 8 nitrogen and oxygen atoms in total. The Morgan fingerprint density at radius 2 is 1.94 bits per heavy atom. The van der Waals surface area contributed by atoms with Gasteiger partial charge in [0.25, 0.3) is 0 Å². The first kappa shape index (κ1) is 26.7. The van der Waals surface area contributed by atoms with E-state index in [0.29, 0.717) is 6.04 Å². The smallest absolute Gasteiger partial charge is 0.243 e. The quantitative estimate of drug-likeness (QED) is 0.219. The number of piperidine rings is 1. The first-order chi connectivity index (χ1) is 15.1. The highest BCUT2D eigenvalue weighted by atomic mass is 127. The molecule has 0 aliphatic carbocycles. The van der Waals surface area contributed by atoms with Gasteiger partial charge >= 0.3 is 0 Å². The molecule has 0 saturated carbocycles. The maximum atomic E-state index is 12.0. The second kappa shape index (κ2) is 14.5. The summed E-state index contributed by atoms with van der Waals surface area (Å²) in [4.78, 5) is 23.1. The number of likely N-dealkylation sites (N-methyl/N-ethyl adjacent to an activating group) is 1. The number of guanidine groups is 1. The highest BCUT2D eigenvalue weighted by Crippen LogP contribution is 2.19. The van der Waals surface area contributed by atoms with E-state index in [0.717, 1.165) is 77.7 Å². The number of morpholine rings is 1. The van der Waals surface area contributed by atoms with Gasteiger partial charge in [0.15, 0.2) is 5.96 Å². The topological polar surface area (TPSA) is 72.4 Å². The number of hydrogen-bond donors (Lipinski definition) is 2. The summed E-state index contributed by atoms with van der Waals surface area (Å²) in [5, 5.41) is 7.03. The Kier molecular flexibility index (Phi) is 12.1. The van der Waals surface area contributed by atoms with Gasteiger partial charge in [-0.2, -0.15) is 0 Å². The van der Waals surface area contributed by atoms with Crippen LogP contribution in [-0.2, 0) is 9.53 Å². The summed E-state index contributed by atoms with van der Waals surface area (Å²) in [5.41, 5.74) is 1.26. The molecule has 2 aliphatic rings. The molecule has 3 rings (SSSR count). The van der Waals surface area contributed by atoms with Crippen LogP contribution in [0.1, 0.15) is 19.3 Å². The number of anilines is 1. The number of amides is 1. The van der Waals surface area contributed by atoms with E-state index in [9.17, 15) is 4.79 Å². The molecule has 0 spiro atoms. The molecule has 1 aromatic carbocycles. The van der Waals surface area contributed by atoms with Gasteiger partial charge in [0, 0.05) is 58.5 Å². The molecule has 1 atom stereocenters. The molecule has 0 bridgehead atoms. The van der Waals surface area contributed by atoms with Crippen LogP contribution in [0.15, 0.2) is 35.3 Å². The van der Waals surface area contributed by atoms with Gasteiger partial charge in [0.2, 0.25) is 5.91 Å². The molecule has 1 aromatic rings. The summed E-state index contributed by atoms with van der Waals surface area (Å²) in [6.07, 6.45) is 3.26. The molecule has 2 heterocycles. The molecule has 1 unspecified atom stereocenters. The predicted octanol–water partition coefficient (Wildman–Crippen LogP) is 1.62. The molecule has 2 aliphatic heterocycles. The number of nitrogens with zero attached hydrogens (tertiary/aromatic N) is 4. The zero-order valence-corrected chi connectivity index (χ0v) is 21.8. The standard InChI is InChI=1S/C23H38N6O2.HI/c1-27(2)22(30)18-25-23(24-11-7-12-28-14-16-31-17-15-28)26-20-8-6-13-29(19-20)21-9-4-3-5-10-21;/h3-5,9-10,20H,6-8,11-19H2,1-2H3,(H2,24,25,26);1H. The monoisotopic (exact) mass is 558 g/mol. The fourth-order valence-electron chi connectivity index (χ4n) is 3.94. The maximum absolute atomic E-state index is 12.0. The fourth-order valence-corrected chi connectivity index (χ4v) is 3.94. The lowest BCUT2D eigenvalue weighted by atomic mass is 10.1. The lowest BCUT2D eigenvalue weighted by molar-refractivity contribution is -0.127. The van der Waals surface area contributed by atoms with Crippen LogP contribution in [0.25, 0.3) is 0 Å². The molecule has 2 fully saturated rings. The Balaban J connectivity index is 0.00000363. The Labute approximate surface area is 209 Å². The van der Waals surface area contributed by atoms with Crippen molar-refractivity contribution in [3.05, 3.63) is 30.3 Å². The minimum atomic E-state index is 0. The normalized spacial score (nSPS) is 19.8. The van der Waals surface area contributed by atoms with Crippen molar-refractivity contribution in [1.29, 1.82) is 0 Å². The molecule has 0 radical (unpaired) electrons. The van der Waals surface area contributed by atoms with Crippen LogP contribution in [-0.4, -0.2) is 101 Å². The Morgan fingerprint density at radius 3 is 2.66 bits per heavy atom. The van der Waals surface area contributed by atoms with Crippen LogP contribution in [0, 0.1) is 0 Å². The number of para-hydroxylation sites is 1. The third-order valence-electron chi connectivity index (χ3n) is 5.80. The molecular formula is C23H39IN6O2. The summed E-state index contributed by atoms with van der Waals surface area (Å²) in [6, 6.07) is 10.9. The summed E-state index contributed by atoms with van der Waals surface area (Å²) in [6.45, 7) is 7.70. The third kappa shape index (κ3) is 9.11. The number of hydrogen-bond acceptors (Lipinski definition) is 5. The lowest BCUT2D eigenvalue weighted by Crippen LogP contribution is -2.51. The van der Waals surface area contributed by atoms with E-state index >= 15 is 0 Å². The van der Waals surface area contributed by atoms with Gasteiger partial charge < -0.3 is 25.2 Å². The number of carbonyl (C=O) groups is 1. The van der Waals surface area contributed by atoms with E-state index in [1.165, 1.54) is 5.69 Å². The zero-order chi connectivity index (χ0) is 21.9.